The average molecular weight is 269 g/mol. The fourth-order valence-corrected chi connectivity index (χ4v) is 1.54. The number of amides is 1. The summed E-state index contributed by atoms with van der Waals surface area (Å²) >= 11 is 0. The van der Waals surface area contributed by atoms with Crippen LogP contribution in [0.1, 0.15) is 25.5 Å². The minimum atomic E-state index is -1.07. The molecule has 7 heteroatoms. The Labute approximate surface area is 111 Å². The second kappa shape index (κ2) is 7.52. The number of H-pyrrole nitrogens is 1. The molecule has 7 nitrogen and oxygen atoms in total. The fraction of sp³-hybridized carbons (Fsp3) is 0.583. The van der Waals surface area contributed by atoms with E-state index in [0.717, 1.165) is 0 Å². The second-order valence-electron chi connectivity index (χ2n) is 4.32. The summed E-state index contributed by atoms with van der Waals surface area (Å²) in [6, 6.07) is -0.953. The van der Waals surface area contributed by atoms with Crippen LogP contribution in [0.25, 0.3) is 0 Å². The van der Waals surface area contributed by atoms with Gasteiger partial charge in [0, 0.05) is 31.8 Å². The molecule has 0 saturated heterocycles. The summed E-state index contributed by atoms with van der Waals surface area (Å²) in [5, 5.41) is 11.6. The maximum Gasteiger partial charge on any atom is 0.326 e. The first kappa shape index (κ1) is 15.2. The highest BCUT2D eigenvalue weighted by Crippen LogP contribution is 2.03. The van der Waals surface area contributed by atoms with Gasteiger partial charge < -0.3 is 20.1 Å². The van der Waals surface area contributed by atoms with Crippen molar-refractivity contribution in [3.8, 4) is 0 Å². The number of rotatable bonds is 8. The van der Waals surface area contributed by atoms with Crippen molar-refractivity contribution in [1.82, 2.24) is 15.3 Å². The Balaban J connectivity index is 2.45. The standard InChI is InChI=1S/C12H19N3O4/c1-8(19-2)3-4-11(16)15-10(12(17)18)5-9-6-13-7-14-9/h6-8,10H,3-5H2,1-2H3,(H,13,14)(H,15,16)(H,17,18)/t8?,10-/m1/s1. The number of carboxylic acids is 1. The topological polar surface area (TPSA) is 104 Å². The summed E-state index contributed by atoms with van der Waals surface area (Å²) in [5.41, 5.74) is 0.665. The van der Waals surface area contributed by atoms with E-state index in [-0.39, 0.29) is 24.9 Å². The maximum atomic E-state index is 11.7. The van der Waals surface area contributed by atoms with Gasteiger partial charge in [0.05, 0.1) is 12.4 Å². The van der Waals surface area contributed by atoms with E-state index < -0.39 is 12.0 Å². The highest BCUT2D eigenvalue weighted by atomic mass is 16.5. The number of carbonyl (C=O) groups excluding carboxylic acids is 1. The van der Waals surface area contributed by atoms with Gasteiger partial charge >= 0.3 is 5.97 Å². The van der Waals surface area contributed by atoms with Gasteiger partial charge in [0.25, 0.3) is 0 Å². The molecule has 1 amide bonds. The van der Waals surface area contributed by atoms with Gasteiger partial charge in [0.1, 0.15) is 6.04 Å². The van der Waals surface area contributed by atoms with Gasteiger partial charge in [-0.05, 0) is 13.3 Å². The summed E-state index contributed by atoms with van der Waals surface area (Å²) in [7, 11) is 1.57. The number of imidazole rings is 1. The summed E-state index contributed by atoms with van der Waals surface area (Å²) in [6.45, 7) is 1.85. The van der Waals surface area contributed by atoms with Gasteiger partial charge in [-0.3, -0.25) is 4.79 Å². The number of aliphatic carboxylic acids is 1. The lowest BCUT2D eigenvalue weighted by atomic mass is 10.1. The van der Waals surface area contributed by atoms with Crippen molar-refractivity contribution in [2.45, 2.75) is 38.3 Å². The van der Waals surface area contributed by atoms with Crippen LogP contribution in [-0.4, -0.2) is 46.2 Å². The van der Waals surface area contributed by atoms with Crippen molar-refractivity contribution in [3.05, 3.63) is 18.2 Å². The Morgan fingerprint density at radius 1 is 1.58 bits per heavy atom. The number of hydrogen-bond donors (Lipinski definition) is 3. The van der Waals surface area contributed by atoms with Crippen molar-refractivity contribution in [2.75, 3.05) is 7.11 Å². The van der Waals surface area contributed by atoms with E-state index in [0.29, 0.717) is 12.1 Å². The van der Waals surface area contributed by atoms with Crippen LogP contribution in [0.15, 0.2) is 12.5 Å². The molecule has 1 heterocycles. The Morgan fingerprint density at radius 2 is 2.32 bits per heavy atom. The van der Waals surface area contributed by atoms with Crippen molar-refractivity contribution < 1.29 is 19.4 Å². The van der Waals surface area contributed by atoms with Crippen LogP contribution in [0.4, 0.5) is 0 Å². The molecular formula is C12H19N3O4. The number of nitrogens with one attached hydrogen (secondary N) is 2. The summed E-state index contributed by atoms with van der Waals surface area (Å²) < 4.78 is 5.03. The van der Waals surface area contributed by atoms with Gasteiger partial charge in [-0.1, -0.05) is 0 Å². The summed E-state index contributed by atoms with van der Waals surface area (Å²) in [5.74, 6) is -1.36. The second-order valence-corrected chi connectivity index (χ2v) is 4.32. The molecule has 2 atom stereocenters. The highest BCUT2D eigenvalue weighted by Gasteiger charge is 2.21. The molecule has 1 aromatic rings. The Morgan fingerprint density at radius 3 is 2.84 bits per heavy atom. The molecule has 3 N–H and O–H groups in total. The molecule has 1 rings (SSSR count). The molecule has 1 unspecified atom stereocenters. The molecule has 0 aliphatic rings. The number of carboxylic acid groups (broad SMARTS) is 1. The lowest BCUT2D eigenvalue weighted by Crippen LogP contribution is -2.42. The van der Waals surface area contributed by atoms with Crippen LogP contribution in [0, 0.1) is 0 Å². The molecule has 0 spiro atoms. The maximum absolute atomic E-state index is 11.7. The van der Waals surface area contributed by atoms with Crippen LogP contribution < -0.4 is 5.32 Å². The number of carbonyl (C=O) groups is 2. The molecule has 0 aromatic carbocycles. The Hall–Kier alpha value is -1.89. The number of hydrogen-bond acceptors (Lipinski definition) is 4. The molecule has 0 saturated carbocycles. The smallest absolute Gasteiger partial charge is 0.326 e. The first-order valence-corrected chi connectivity index (χ1v) is 6.05. The molecule has 0 aliphatic heterocycles. The van der Waals surface area contributed by atoms with Gasteiger partial charge in [-0.25, -0.2) is 9.78 Å². The molecule has 0 radical (unpaired) electrons. The predicted molar refractivity (Wildman–Crippen MR) is 67.6 cm³/mol. The molecular weight excluding hydrogens is 250 g/mol. The molecule has 1 aromatic heterocycles. The summed E-state index contributed by atoms with van der Waals surface area (Å²) in [6.07, 6.45) is 3.95. The number of ether oxygens (including phenoxy) is 1. The average Bonchev–Trinajstić information content (AvgIpc) is 2.87. The fourth-order valence-electron chi connectivity index (χ4n) is 1.54. The normalized spacial score (nSPS) is 13.8. The minimum Gasteiger partial charge on any atom is -0.480 e. The summed E-state index contributed by atoms with van der Waals surface area (Å²) in [4.78, 5) is 29.3. The molecule has 19 heavy (non-hydrogen) atoms. The first-order valence-electron chi connectivity index (χ1n) is 6.05. The van der Waals surface area contributed by atoms with Gasteiger partial charge in [-0.15, -0.1) is 0 Å². The van der Waals surface area contributed by atoms with E-state index in [9.17, 15) is 9.59 Å². The van der Waals surface area contributed by atoms with Crippen LogP contribution >= 0.6 is 0 Å². The van der Waals surface area contributed by atoms with E-state index in [4.69, 9.17) is 9.84 Å². The number of aromatic nitrogens is 2. The van der Waals surface area contributed by atoms with Gasteiger partial charge in [0.15, 0.2) is 0 Å². The van der Waals surface area contributed by atoms with E-state index in [1.807, 2.05) is 6.92 Å². The molecule has 106 valence electrons. The minimum absolute atomic E-state index is 0.0263. The lowest BCUT2D eigenvalue weighted by molar-refractivity contribution is -0.141. The van der Waals surface area contributed by atoms with Crippen LogP contribution in [0.5, 0.6) is 0 Å². The van der Waals surface area contributed by atoms with Crippen molar-refractivity contribution >= 4 is 11.9 Å². The number of nitrogens with zero attached hydrogens (tertiary/aromatic N) is 1. The van der Waals surface area contributed by atoms with Crippen LogP contribution in [-0.2, 0) is 20.7 Å². The molecule has 0 bridgehead atoms. The zero-order valence-electron chi connectivity index (χ0n) is 11.0. The van der Waals surface area contributed by atoms with Crippen LogP contribution in [0.2, 0.25) is 0 Å². The zero-order chi connectivity index (χ0) is 14.3. The van der Waals surface area contributed by atoms with Crippen molar-refractivity contribution in [2.24, 2.45) is 0 Å². The monoisotopic (exact) mass is 269 g/mol. The van der Waals surface area contributed by atoms with E-state index in [2.05, 4.69) is 15.3 Å². The Kier molecular flexibility index (Phi) is 6.01. The van der Waals surface area contributed by atoms with E-state index in [1.165, 1.54) is 12.5 Å². The van der Waals surface area contributed by atoms with Gasteiger partial charge in [0.2, 0.25) is 5.91 Å². The molecule has 0 fully saturated rings. The number of methoxy groups -OCH3 is 1. The lowest BCUT2D eigenvalue weighted by Gasteiger charge is -2.14. The zero-order valence-corrected chi connectivity index (χ0v) is 11.0. The third-order valence-electron chi connectivity index (χ3n) is 2.79. The van der Waals surface area contributed by atoms with Crippen molar-refractivity contribution in [1.29, 1.82) is 0 Å². The third-order valence-corrected chi connectivity index (χ3v) is 2.79. The quantitative estimate of drug-likeness (QED) is 0.631. The van der Waals surface area contributed by atoms with E-state index >= 15 is 0 Å². The predicted octanol–water partition coefficient (Wildman–Crippen LogP) is 0.337. The number of aromatic amines is 1. The van der Waals surface area contributed by atoms with E-state index in [1.54, 1.807) is 7.11 Å². The van der Waals surface area contributed by atoms with Crippen LogP contribution in [0.3, 0.4) is 0 Å². The largest absolute Gasteiger partial charge is 0.480 e. The highest BCUT2D eigenvalue weighted by molar-refractivity contribution is 5.83. The van der Waals surface area contributed by atoms with Crippen molar-refractivity contribution in [3.63, 3.8) is 0 Å². The Bertz CT molecular complexity index is 405. The first-order chi connectivity index (χ1) is 9.02. The van der Waals surface area contributed by atoms with Gasteiger partial charge in [-0.2, -0.15) is 0 Å². The SMILES string of the molecule is COC(C)CCC(=O)N[C@H](Cc1cnc[nH]1)C(=O)O. The molecule has 0 aliphatic carbocycles. The third kappa shape index (κ3) is 5.52.